The summed E-state index contributed by atoms with van der Waals surface area (Å²) in [5.74, 6) is -2.24. The Labute approximate surface area is 657 Å². The van der Waals surface area contributed by atoms with Crippen LogP contribution in [0.2, 0.25) is 0 Å². The lowest BCUT2D eigenvalue weighted by Gasteiger charge is -2.35. The molecule has 36 heteroatoms. The van der Waals surface area contributed by atoms with Gasteiger partial charge in [0.1, 0.15) is 73.7 Å². The summed E-state index contributed by atoms with van der Waals surface area (Å²) in [6.45, 7) is 9.25. The topological polar surface area (TPSA) is 475 Å². The van der Waals surface area contributed by atoms with Crippen molar-refractivity contribution in [3.63, 3.8) is 0 Å². The molecule has 1 aliphatic carbocycles. The van der Waals surface area contributed by atoms with E-state index in [9.17, 15) is 74.4 Å². The van der Waals surface area contributed by atoms with E-state index in [1.165, 1.54) is 91.8 Å². The van der Waals surface area contributed by atoms with Gasteiger partial charge in [0.2, 0.25) is 12.2 Å². The van der Waals surface area contributed by atoms with Crippen LogP contribution in [0.25, 0.3) is 10.4 Å². The molecule has 620 valence electrons. The minimum atomic E-state index is -1.74. The highest BCUT2D eigenvalue weighted by molar-refractivity contribution is 6.07. The van der Waals surface area contributed by atoms with E-state index in [2.05, 4.69) is 28.5 Å². The SMILES string of the molecule is C=C1C[C@H]2C(O)N(C(=O)OCc3ccc(O[C@@H]4CC[C@@H](O)[C@H](O)[C@H]4O)c(C(=O)CCCOC)c3)c3cc(OCCC(CCOc4cc5c(cc4OC)C(=O)N4CC(=C)C[C@H]4C(O)N5C(=O)OCc4ccc(O[C@@H]5OC[C@@H](O)[C@H](O)[C@H]5O)c(C(=O)CCCOC)c4)NC(=O)COCCOCCOCCN=[N+]=[N-])c(C)cc3C(=O)N2C1. The van der Waals surface area contributed by atoms with Crippen molar-refractivity contribution in [2.75, 3.05) is 123 Å². The molecule has 6 aliphatic rings. The maximum Gasteiger partial charge on any atom is 0.416 e. The van der Waals surface area contributed by atoms with E-state index in [0.717, 1.165) is 9.80 Å². The molecule has 36 nitrogen and oxygen atoms in total. The quantitative estimate of drug-likeness (QED) is 0.00753. The molecule has 5 aliphatic heterocycles. The molecule has 9 N–H and O–H groups in total. The van der Waals surface area contributed by atoms with Crippen molar-refractivity contribution in [2.45, 2.75) is 164 Å². The van der Waals surface area contributed by atoms with Gasteiger partial charge >= 0.3 is 12.2 Å². The number of ketones is 2. The van der Waals surface area contributed by atoms with Gasteiger partial charge in [-0.3, -0.25) is 24.0 Å². The molecule has 4 fully saturated rings. The van der Waals surface area contributed by atoms with Crippen molar-refractivity contribution in [1.29, 1.82) is 0 Å². The van der Waals surface area contributed by atoms with Crippen LogP contribution >= 0.6 is 0 Å². The number of rotatable bonds is 39. The number of ether oxygens (including phenoxy) is 13. The Kier molecular flexibility index (Phi) is 31.3. The fourth-order valence-corrected chi connectivity index (χ4v) is 14.2. The van der Waals surface area contributed by atoms with Crippen LogP contribution in [0.5, 0.6) is 28.7 Å². The molecular formula is C78H100N8O28. The molecule has 0 radical (unpaired) electrons. The molecule has 5 amide bonds. The second-order valence-corrected chi connectivity index (χ2v) is 28.4. The van der Waals surface area contributed by atoms with E-state index in [4.69, 9.17) is 67.1 Å². The lowest BCUT2D eigenvalue weighted by Crippen LogP contribution is -2.54. The van der Waals surface area contributed by atoms with E-state index >= 15 is 0 Å². The minimum absolute atomic E-state index is 0.00130. The molecule has 10 rings (SSSR count). The van der Waals surface area contributed by atoms with Crippen LogP contribution in [0.15, 0.2) is 90.1 Å². The van der Waals surface area contributed by atoms with Crippen molar-refractivity contribution in [3.05, 3.63) is 134 Å². The fourth-order valence-electron chi connectivity index (χ4n) is 14.2. The molecule has 0 spiro atoms. The number of nitrogens with zero attached hydrogens (tertiary/aromatic N) is 7. The molecule has 3 saturated heterocycles. The summed E-state index contributed by atoms with van der Waals surface area (Å²) in [7, 11) is 4.30. The number of benzene rings is 4. The lowest BCUT2D eigenvalue weighted by molar-refractivity contribution is -0.242. The summed E-state index contributed by atoms with van der Waals surface area (Å²) < 4.78 is 74.9. The van der Waals surface area contributed by atoms with E-state index in [1.807, 2.05) is 0 Å². The largest absolute Gasteiger partial charge is 0.493 e. The molecule has 3 unspecified atom stereocenters. The third-order valence-corrected chi connectivity index (χ3v) is 20.2. The maximum atomic E-state index is 14.8. The van der Waals surface area contributed by atoms with Crippen molar-refractivity contribution < 1.29 is 136 Å². The number of carbonyl (C=O) groups excluding carboxylic acids is 7. The Hall–Kier alpha value is -9.60. The number of anilines is 2. The Morgan fingerprint density at radius 1 is 0.596 bits per heavy atom. The van der Waals surface area contributed by atoms with Crippen molar-refractivity contribution in [1.82, 2.24) is 15.1 Å². The number of hydrogen-bond acceptors (Lipinski definition) is 29. The molecule has 4 aromatic rings. The zero-order valence-electron chi connectivity index (χ0n) is 64.0. The summed E-state index contributed by atoms with van der Waals surface area (Å²) >= 11 is 0. The Bertz CT molecular complexity index is 4140. The number of methoxy groups -OCH3 is 3. The van der Waals surface area contributed by atoms with Gasteiger partial charge < -0.3 is 118 Å². The second kappa shape index (κ2) is 41.1. The first kappa shape index (κ1) is 86.8. The number of fused-ring (bicyclic) bond motifs is 4. The van der Waals surface area contributed by atoms with Gasteiger partial charge in [-0.15, -0.1) is 0 Å². The van der Waals surface area contributed by atoms with Crippen molar-refractivity contribution in [2.24, 2.45) is 5.11 Å². The zero-order chi connectivity index (χ0) is 81.9. The number of amides is 5. The number of carbonyl (C=O) groups is 7. The first-order chi connectivity index (χ1) is 54.8. The standard InChI is InChI=1S/C78H100N8O28/c1-43-29-55-74(98)85(77(100)111-39-46-11-14-61(51(32-46)57(87)9-7-20-102-4)113-63-16-13-59(89)68(92)70(63)94)53-35-64(45(3)31-49(53)72(96)83(55)37-43)108-22-17-48(81-67(91)42-107-28-27-106-26-25-105-24-19-80-82-79)18-23-109-66-36-54-50(34-65(66)104-6)73(97)84-38-44(2)30-56(84)75(99)86(54)78(101)112-40-47-12-15-62(52(33-47)58(88)10-8-21-103-5)114-76-71(95)69(93)60(90)41-110-76/h11-12,14-15,31-36,48,55-56,59-60,63,68-71,74-76,89-90,92-95,98-99H,1-2,7-10,13,16-30,37-42H2,3-6H3,(H,81,91)/t48?,55-,56-,59+,60+,63+,68-,69-,70-,71+,74?,75?,76-/m0/s1. The normalized spacial score (nSPS) is 23.4. The van der Waals surface area contributed by atoms with Crippen LogP contribution in [0.4, 0.5) is 21.0 Å². The summed E-state index contributed by atoms with van der Waals surface area (Å²) in [5.41, 5.74) is 10.6. The molecule has 1 saturated carbocycles. The number of Topliss-reactive ketones (excluding diaryl/α,β-unsaturated/α-hetero) is 2. The number of nitrogens with one attached hydrogen (secondary N) is 1. The third-order valence-electron chi connectivity index (χ3n) is 20.2. The average molecular weight is 1600 g/mol. The lowest BCUT2D eigenvalue weighted by atomic mass is 9.89. The minimum Gasteiger partial charge on any atom is -0.493 e. The predicted octanol–water partition coefficient (Wildman–Crippen LogP) is 4.24. The summed E-state index contributed by atoms with van der Waals surface area (Å²) in [6, 6.07) is 11.6. The van der Waals surface area contributed by atoms with Crippen LogP contribution in [0.3, 0.4) is 0 Å². The molecule has 114 heavy (non-hydrogen) atoms. The van der Waals surface area contributed by atoms with Gasteiger partial charge in [0.15, 0.2) is 35.5 Å². The number of aryl methyl sites for hydroxylation is 1. The Morgan fingerprint density at radius 2 is 1.11 bits per heavy atom. The van der Waals surface area contributed by atoms with E-state index in [-0.39, 0.29) is 211 Å². The number of aliphatic hydroxyl groups excluding tert-OH is 8. The van der Waals surface area contributed by atoms with Gasteiger partial charge in [0, 0.05) is 95.8 Å². The van der Waals surface area contributed by atoms with E-state index in [0.29, 0.717) is 35.1 Å². The summed E-state index contributed by atoms with van der Waals surface area (Å²) in [6.07, 6.45) is -15.6. The highest BCUT2D eigenvalue weighted by atomic mass is 16.7. The van der Waals surface area contributed by atoms with E-state index < -0.39 is 135 Å². The van der Waals surface area contributed by atoms with Gasteiger partial charge in [-0.2, -0.15) is 0 Å². The first-order valence-corrected chi connectivity index (χ1v) is 37.6. The summed E-state index contributed by atoms with van der Waals surface area (Å²) in [4.78, 5) is 107. The van der Waals surface area contributed by atoms with Crippen LogP contribution in [-0.2, 0) is 55.9 Å². The third kappa shape index (κ3) is 21.5. The van der Waals surface area contributed by atoms with Gasteiger partial charge in [-0.1, -0.05) is 41.6 Å². The molecule has 13 atom stereocenters. The Morgan fingerprint density at radius 3 is 1.67 bits per heavy atom. The number of azide groups is 1. The average Bonchev–Trinajstić information content (AvgIpc) is 1.62. The zero-order valence-corrected chi connectivity index (χ0v) is 64.0. The number of hydrogen-bond donors (Lipinski definition) is 9. The van der Waals surface area contributed by atoms with Crippen LogP contribution in [-0.4, -0.2) is 285 Å². The number of aliphatic hydroxyl groups is 8. The Balaban J connectivity index is 0.877. The monoisotopic (exact) mass is 1600 g/mol. The second-order valence-electron chi connectivity index (χ2n) is 28.4. The molecule has 5 heterocycles. The molecule has 0 aromatic heterocycles. The maximum absolute atomic E-state index is 14.8. The highest BCUT2D eigenvalue weighted by Crippen LogP contribution is 2.44. The predicted molar refractivity (Wildman–Crippen MR) is 401 cm³/mol. The molecular weight excluding hydrogens is 1500 g/mol. The van der Waals surface area contributed by atoms with Gasteiger partial charge in [-0.05, 0) is 104 Å². The van der Waals surface area contributed by atoms with Crippen LogP contribution in [0, 0.1) is 6.92 Å². The fraction of sp³-hybridized carbons (Fsp3) is 0.551. The molecule has 4 aromatic carbocycles. The van der Waals surface area contributed by atoms with Crippen LogP contribution in [0.1, 0.15) is 122 Å². The van der Waals surface area contributed by atoms with Gasteiger partial charge in [0.25, 0.3) is 11.8 Å². The van der Waals surface area contributed by atoms with Crippen molar-refractivity contribution >= 4 is 52.8 Å². The molecule has 0 bridgehead atoms. The van der Waals surface area contributed by atoms with Crippen molar-refractivity contribution in [3.8, 4) is 28.7 Å². The highest BCUT2D eigenvalue weighted by Gasteiger charge is 2.49. The van der Waals surface area contributed by atoms with Gasteiger partial charge in [-0.25, -0.2) is 19.4 Å². The van der Waals surface area contributed by atoms with E-state index in [1.54, 1.807) is 6.92 Å². The smallest absolute Gasteiger partial charge is 0.416 e. The summed E-state index contributed by atoms with van der Waals surface area (Å²) in [5, 5.41) is 93.4. The van der Waals surface area contributed by atoms with Gasteiger partial charge in [0.05, 0.1) is 112 Å². The van der Waals surface area contributed by atoms with Crippen LogP contribution < -0.4 is 38.8 Å². The first-order valence-electron chi connectivity index (χ1n) is 37.6.